The minimum atomic E-state index is -0.0912. The molecule has 1 aromatic heterocycles. The number of hydrogen-bond acceptors (Lipinski definition) is 3. The number of aryl methyl sites for hydroxylation is 1. The van der Waals surface area contributed by atoms with Crippen LogP contribution in [-0.2, 0) is 17.9 Å². The molecule has 0 aliphatic rings. The second-order valence-corrected chi connectivity index (χ2v) is 4.09. The number of rotatable bonds is 4. The summed E-state index contributed by atoms with van der Waals surface area (Å²) in [6.07, 6.45) is 3.39. The zero-order valence-electron chi connectivity index (χ0n) is 10.3. The van der Waals surface area contributed by atoms with Gasteiger partial charge >= 0.3 is 0 Å². The number of nitrogens with one attached hydrogen (secondary N) is 1. The lowest BCUT2D eigenvalue weighted by molar-refractivity contribution is -0.116. The highest BCUT2D eigenvalue weighted by atomic mass is 16.1. The van der Waals surface area contributed by atoms with Crippen molar-refractivity contribution < 1.29 is 4.79 Å². The quantitative estimate of drug-likeness (QED) is 0.851. The largest absolute Gasteiger partial charge is 0.325 e. The molecule has 0 fully saturated rings. The van der Waals surface area contributed by atoms with Crippen LogP contribution in [0, 0.1) is 6.92 Å². The molecule has 0 atom stereocenters. The predicted octanol–water partition coefficient (Wildman–Crippen LogP) is 1.29. The summed E-state index contributed by atoms with van der Waals surface area (Å²) in [7, 11) is 0. The van der Waals surface area contributed by atoms with E-state index in [1.165, 1.54) is 0 Å². The van der Waals surface area contributed by atoms with Crippen LogP contribution in [0.1, 0.15) is 11.4 Å². The molecule has 94 valence electrons. The SMILES string of the molecule is Cc1ccc(NC(=O)Cn2ccnc2CN)cc1. The number of nitrogens with two attached hydrogens (primary N) is 1. The highest BCUT2D eigenvalue weighted by Crippen LogP contribution is 2.08. The van der Waals surface area contributed by atoms with Gasteiger partial charge in [-0.15, -0.1) is 0 Å². The number of benzene rings is 1. The lowest BCUT2D eigenvalue weighted by Gasteiger charge is -2.08. The Bertz CT molecular complexity index is 530. The van der Waals surface area contributed by atoms with E-state index in [9.17, 15) is 4.79 Å². The molecular weight excluding hydrogens is 228 g/mol. The molecule has 0 unspecified atom stereocenters. The molecule has 0 aliphatic carbocycles. The zero-order valence-corrected chi connectivity index (χ0v) is 10.3. The fourth-order valence-electron chi connectivity index (χ4n) is 1.67. The number of carbonyl (C=O) groups excluding carboxylic acids is 1. The van der Waals surface area contributed by atoms with E-state index in [0.29, 0.717) is 12.4 Å². The number of imidazole rings is 1. The Morgan fingerprint density at radius 3 is 2.78 bits per heavy atom. The van der Waals surface area contributed by atoms with E-state index in [0.717, 1.165) is 11.3 Å². The summed E-state index contributed by atoms with van der Waals surface area (Å²) >= 11 is 0. The van der Waals surface area contributed by atoms with E-state index in [1.807, 2.05) is 31.2 Å². The summed E-state index contributed by atoms with van der Waals surface area (Å²) in [5.41, 5.74) is 7.48. The van der Waals surface area contributed by atoms with Crippen LogP contribution in [0.3, 0.4) is 0 Å². The van der Waals surface area contributed by atoms with Crippen LogP contribution in [-0.4, -0.2) is 15.5 Å². The highest BCUT2D eigenvalue weighted by molar-refractivity contribution is 5.90. The van der Waals surface area contributed by atoms with E-state index < -0.39 is 0 Å². The molecule has 1 amide bonds. The molecular formula is C13H16N4O. The lowest BCUT2D eigenvalue weighted by atomic mass is 10.2. The van der Waals surface area contributed by atoms with Crippen LogP contribution in [0.15, 0.2) is 36.7 Å². The first-order valence-electron chi connectivity index (χ1n) is 5.75. The molecule has 5 heteroatoms. The molecule has 1 aromatic carbocycles. The first-order valence-corrected chi connectivity index (χ1v) is 5.75. The van der Waals surface area contributed by atoms with Gasteiger partial charge in [0.2, 0.25) is 5.91 Å². The van der Waals surface area contributed by atoms with E-state index >= 15 is 0 Å². The van der Waals surface area contributed by atoms with Crippen molar-refractivity contribution in [3.8, 4) is 0 Å². The van der Waals surface area contributed by atoms with Gasteiger partial charge in [0.25, 0.3) is 0 Å². The number of carbonyl (C=O) groups is 1. The van der Waals surface area contributed by atoms with Crippen molar-refractivity contribution in [3.05, 3.63) is 48.0 Å². The van der Waals surface area contributed by atoms with Gasteiger partial charge in [-0.1, -0.05) is 17.7 Å². The average Bonchev–Trinajstić information content (AvgIpc) is 2.79. The van der Waals surface area contributed by atoms with Crippen molar-refractivity contribution in [1.82, 2.24) is 9.55 Å². The van der Waals surface area contributed by atoms with Crippen molar-refractivity contribution in [3.63, 3.8) is 0 Å². The van der Waals surface area contributed by atoms with E-state index in [-0.39, 0.29) is 12.5 Å². The third-order valence-electron chi connectivity index (χ3n) is 2.63. The predicted molar refractivity (Wildman–Crippen MR) is 69.9 cm³/mol. The minimum Gasteiger partial charge on any atom is -0.325 e. The first-order chi connectivity index (χ1) is 8.69. The molecule has 1 heterocycles. The van der Waals surface area contributed by atoms with Gasteiger partial charge < -0.3 is 15.6 Å². The third-order valence-corrected chi connectivity index (χ3v) is 2.63. The maximum Gasteiger partial charge on any atom is 0.244 e. The van der Waals surface area contributed by atoms with Crippen LogP contribution in [0.25, 0.3) is 0 Å². The van der Waals surface area contributed by atoms with Gasteiger partial charge in [0.1, 0.15) is 12.4 Å². The van der Waals surface area contributed by atoms with Crippen molar-refractivity contribution in [2.24, 2.45) is 5.73 Å². The second-order valence-electron chi connectivity index (χ2n) is 4.09. The van der Waals surface area contributed by atoms with E-state index in [2.05, 4.69) is 10.3 Å². The Hall–Kier alpha value is -2.14. The Balaban J connectivity index is 1.99. The monoisotopic (exact) mass is 244 g/mol. The average molecular weight is 244 g/mol. The summed E-state index contributed by atoms with van der Waals surface area (Å²) in [5, 5.41) is 2.83. The van der Waals surface area contributed by atoms with Gasteiger partial charge in [-0.05, 0) is 19.1 Å². The van der Waals surface area contributed by atoms with Gasteiger partial charge in [-0.25, -0.2) is 4.98 Å². The standard InChI is InChI=1S/C13H16N4O/c1-10-2-4-11(5-3-10)16-13(18)9-17-7-6-15-12(17)8-14/h2-7H,8-9,14H2,1H3,(H,16,18). The summed E-state index contributed by atoms with van der Waals surface area (Å²) < 4.78 is 1.74. The maximum absolute atomic E-state index is 11.8. The van der Waals surface area contributed by atoms with Crippen LogP contribution in [0.4, 0.5) is 5.69 Å². The molecule has 18 heavy (non-hydrogen) atoms. The number of anilines is 1. The number of aromatic nitrogens is 2. The summed E-state index contributed by atoms with van der Waals surface area (Å²) in [6.45, 7) is 2.55. The number of amides is 1. The Morgan fingerprint density at radius 1 is 1.39 bits per heavy atom. The van der Waals surface area contributed by atoms with Gasteiger partial charge in [0.15, 0.2) is 0 Å². The second kappa shape index (κ2) is 5.46. The molecule has 0 spiro atoms. The number of hydrogen-bond donors (Lipinski definition) is 2. The van der Waals surface area contributed by atoms with Crippen LogP contribution < -0.4 is 11.1 Å². The van der Waals surface area contributed by atoms with Crippen molar-refractivity contribution in [2.75, 3.05) is 5.32 Å². The van der Waals surface area contributed by atoms with Crippen molar-refractivity contribution in [1.29, 1.82) is 0 Å². The molecule has 0 bridgehead atoms. The van der Waals surface area contributed by atoms with Crippen LogP contribution >= 0.6 is 0 Å². The van der Waals surface area contributed by atoms with Gasteiger partial charge in [-0.2, -0.15) is 0 Å². The lowest BCUT2D eigenvalue weighted by Crippen LogP contribution is -2.20. The molecule has 2 rings (SSSR count). The van der Waals surface area contributed by atoms with Crippen molar-refractivity contribution in [2.45, 2.75) is 20.0 Å². The fraction of sp³-hybridized carbons (Fsp3) is 0.231. The minimum absolute atomic E-state index is 0.0912. The summed E-state index contributed by atoms with van der Waals surface area (Å²) in [4.78, 5) is 15.9. The Kier molecular flexibility index (Phi) is 3.74. The van der Waals surface area contributed by atoms with Gasteiger partial charge in [-0.3, -0.25) is 4.79 Å². The normalized spacial score (nSPS) is 10.3. The van der Waals surface area contributed by atoms with E-state index in [4.69, 9.17) is 5.73 Å². The molecule has 5 nitrogen and oxygen atoms in total. The smallest absolute Gasteiger partial charge is 0.244 e. The molecule has 0 saturated heterocycles. The molecule has 0 radical (unpaired) electrons. The molecule has 0 aliphatic heterocycles. The van der Waals surface area contributed by atoms with Gasteiger partial charge in [0, 0.05) is 18.1 Å². The zero-order chi connectivity index (χ0) is 13.0. The summed E-state index contributed by atoms with van der Waals surface area (Å²) in [6, 6.07) is 7.67. The first kappa shape index (κ1) is 12.3. The van der Waals surface area contributed by atoms with Crippen LogP contribution in [0.2, 0.25) is 0 Å². The summed E-state index contributed by atoms with van der Waals surface area (Å²) in [5.74, 6) is 0.612. The third kappa shape index (κ3) is 2.95. The van der Waals surface area contributed by atoms with E-state index in [1.54, 1.807) is 17.0 Å². The maximum atomic E-state index is 11.8. The Labute approximate surface area is 106 Å². The fourth-order valence-corrected chi connectivity index (χ4v) is 1.67. The van der Waals surface area contributed by atoms with Gasteiger partial charge in [0.05, 0.1) is 6.54 Å². The highest BCUT2D eigenvalue weighted by Gasteiger charge is 2.06. The van der Waals surface area contributed by atoms with Crippen molar-refractivity contribution >= 4 is 11.6 Å². The number of nitrogens with zero attached hydrogens (tertiary/aromatic N) is 2. The Morgan fingerprint density at radius 2 is 2.11 bits per heavy atom. The molecule has 3 N–H and O–H groups in total. The molecule has 0 saturated carbocycles. The molecule has 2 aromatic rings. The topological polar surface area (TPSA) is 72.9 Å². The van der Waals surface area contributed by atoms with Crippen LogP contribution in [0.5, 0.6) is 0 Å².